The van der Waals surface area contributed by atoms with Crippen LogP contribution in [-0.2, 0) is 27.2 Å². The van der Waals surface area contributed by atoms with Gasteiger partial charge in [-0.1, -0.05) is 12.1 Å². The van der Waals surface area contributed by atoms with Crippen LogP contribution in [0.25, 0.3) is 0 Å². The van der Waals surface area contributed by atoms with Crippen molar-refractivity contribution < 1.29 is 19.1 Å². The molecule has 0 heterocycles. The summed E-state index contributed by atoms with van der Waals surface area (Å²) in [7, 11) is 0. The molecule has 1 aliphatic carbocycles. The number of rotatable bonds is 8. The molecule has 1 aromatic rings. The van der Waals surface area contributed by atoms with Crippen molar-refractivity contribution in [3.8, 4) is 0 Å². The van der Waals surface area contributed by atoms with Crippen molar-refractivity contribution in [2.75, 3.05) is 13.2 Å². The average molecular weight is 359 g/mol. The SMILES string of the molecule is CCOC(=O)CN(C(=O)CCC(=O)c1ccc2c(c1)CCCC2)C(C)C. The zero-order valence-corrected chi connectivity index (χ0v) is 16.0. The Morgan fingerprint density at radius 2 is 1.77 bits per heavy atom. The number of Topliss-reactive ketones (excluding diaryl/α,β-unsaturated/α-hetero) is 1. The Morgan fingerprint density at radius 1 is 1.08 bits per heavy atom. The van der Waals surface area contributed by atoms with Gasteiger partial charge in [-0.25, -0.2) is 0 Å². The second-order valence-corrected chi connectivity index (χ2v) is 7.03. The van der Waals surface area contributed by atoms with Gasteiger partial charge >= 0.3 is 5.97 Å². The average Bonchev–Trinajstić information content (AvgIpc) is 2.63. The van der Waals surface area contributed by atoms with Gasteiger partial charge in [0.05, 0.1) is 6.61 Å². The topological polar surface area (TPSA) is 63.7 Å². The number of carbonyl (C=O) groups is 3. The first-order chi connectivity index (χ1) is 12.4. The van der Waals surface area contributed by atoms with Crippen LogP contribution in [0, 0.1) is 0 Å². The highest BCUT2D eigenvalue weighted by molar-refractivity contribution is 5.98. The first kappa shape index (κ1) is 20.1. The molecule has 1 amide bonds. The minimum atomic E-state index is -0.421. The van der Waals surface area contributed by atoms with Gasteiger partial charge in [-0.15, -0.1) is 0 Å². The van der Waals surface area contributed by atoms with Crippen LogP contribution in [0.1, 0.15) is 67.9 Å². The normalized spacial score (nSPS) is 13.2. The quantitative estimate of drug-likeness (QED) is 0.527. The molecule has 0 saturated heterocycles. The van der Waals surface area contributed by atoms with E-state index in [0.29, 0.717) is 5.56 Å². The standard InChI is InChI=1S/C21H29NO4/c1-4-26-21(25)14-22(15(2)3)20(24)12-11-19(23)18-10-9-16-7-5-6-8-17(16)13-18/h9-10,13,15H,4-8,11-12,14H2,1-3H3. The number of benzene rings is 1. The molecule has 5 heteroatoms. The van der Waals surface area contributed by atoms with E-state index in [-0.39, 0.29) is 43.7 Å². The van der Waals surface area contributed by atoms with Gasteiger partial charge in [0.25, 0.3) is 0 Å². The smallest absolute Gasteiger partial charge is 0.325 e. The summed E-state index contributed by atoms with van der Waals surface area (Å²) < 4.78 is 4.92. The molecule has 0 saturated carbocycles. The molecule has 5 nitrogen and oxygen atoms in total. The third-order valence-corrected chi connectivity index (χ3v) is 4.78. The first-order valence-corrected chi connectivity index (χ1v) is 9.52. The highest BCUT2D eigenvalue weighted by Gasteiger charge is 2.22. The zero-order valence-electron chi connectivity index (χ0n) is 16.0. The lowest BCUT2D eigenvalue weighted by Crippen LogP contribution is -2.41. The van der Waals surface area contributed by atoms with E-state index in [2.05, 4.69) is 0 Å². The van der Waals surface area contributed by atoms with Gasteiger partial charge in [-0.05, 0) is 63.6 Å². The molecule has 1 aliphatic rings. The Kier molecular flexibility index (Phi) is 7.37. The number of hydrogen-bond donors (Lipinski definition) is 0. The van der Waals surface area contributed by atoms with Crippen LogP contribution in [0.4, 0.5) is 0 Å². The van der Waals surface area contributed by atoms with E-state index in [1.807, 2.05) is 32.0 Å². The van der Waals surface area contributed by atoms with Gasteiger partial charge in [0.15, 0.2) is 5.78 Å². The predicted molar refractivity (Wildman–Crippen MR) is 100 cm³/mol. The third-order valence-electron chi connectivity index (χ3n) is 4.78. The van der Waals surface area contributed by atoms with Crippen LogP contribution < -0.4 is 0 Å². The van der Waals surface area contributed by atoms with E-state index in [0.717, 1.165) is 12.8 Å². The summed E-state index contributed by atoms with van der Waals surface area (Å²) in [5.74, 6) is -0.638. The molecule has 0 N–H and O–H groups in total. The molecule has 0 spiro atoms. The van der Waals surface area contributed by atoms with Crippen LogP contribution in [0.15, 0.2) is 18.2 Å². The Labute approximate surface area is 155 Å². The Balaban J connectivity index is 1.94. The summed E-state index contributed by atoms with van der Waals surface area (Å²) in [6, 6.07) is 5.78. The summed E-state index contributed by atoms with van der Waals surface area (Å²) in [5, 5.41) is 0. The molecule has 0 unspecified atom stereocenters. The fourth-order valence-corrected chi connectivity index (χ4v) is 3.32. The van der Waals surface area contributed by atoms with Crippen LogP contribution in [0.3, 0.4) is 0 Å². The van der Waals surface area contributed by atoms with E-state index >= 15 is 0 Å². The molecule has 0 aromatic heterocycles. The second-order valence-electron chi connectivity index (χ2n) is 7.03. The minimum absolute atomic E-state index is 0.0217. The van der Waals surface area contributed by atoms with E-state index in [4.69, 9.17) is 4.74 Å². The van der Waals surface area contributed by atoms with Gasteiger partial charge < -0.3 is 9.64 Å². The van der Waals surface area contributed by atoms with E-state index in [9.17, 15) is 14.4 Å². The number of ketones is 1. The molecule has 0 fully saturated rings. The van der Waals surface area contributed by atoms with Crippen LogP contribution in [-0.4, -0.2) is 41.8 Å². The molecule has 2 rings (SSSR count). The number of hydrogen-bond acceptors (Lipinski definition) is 4. The van der Waals surface area contributed by atoms with Gasteiger partial charge in [0.1, 0.15) is 6.54 Å². The highest BCUT2D eigenvalue weighted by atomic mass is 16.5. The van der Waals surface area contributed by atoms with Crippen molar-refractivity contribution in [3.05, 3.63) is 34.9 Å². The molecular formula is C21H29NO4. The maximum Gasteiger partial charge on any atom is 0.325 e. The summed E-state index contributed by atoms with van der Waals surface area (Å²) in [6.07, 6.45) is 4.74. The van der Waals surface area contributed by atoms with Crippen LogP contribution >= 0.6 is 0 Å². The zero-order chi connectivity index (χ0) is 19.1. The van der Waals surface area contributed by atoms with Crippen molar-refractivity contribution in [1.29, 1.82) is 0 Å². The van der Waals surface area contributed by atoms with Crippen molar-refractivity contribution >= 4 is 17.7 Å². The molecule has 0 aliphatic heterocycles. The largest absolute Gasteiger partial charge is 0.465 e. The third kappa shape index (κ3) is 5.41. The molecule has 142 valence electrons. The highest BCUT2D eigenvalue weighted by Crippen LogP contribution is 2.23. The number of esters is 1. The van der Waals surface area contributed by atoms with Crippen molar-refractivity contribution in [1.82, 2.24) is 4.90 Å². The maximum atomic E-state index is 12.5. The van der Waals surface area contributed by atoms with Crippen LogP contribution in [0.2, 0.25) is 0 Å². The van der Waals surface area contributed by atoms with Crippen molar-refractivity contribution in [2.24, 2.45) is 0 Å². The van der Waals surface area contributed by atoms with Gasteiger partial charge in [0, 0.05) is 24.4 Å². The Bertz CT molecular complexity index is 666. The van der Waals surface area contributed by atoms with E-state index in [1.54, 1.807) is 6.92 Å². The second kappa shape index (κ2) is 9.51. The number of carbonyl (C=O) groups excluding carboxylic acids is 3. The summed E-state index contributed by atoms with van der Waals surface area (Å²) in [5.41, 5.74) is 3.28. The minimum Gasteiger partial charge on any atom is -0.465 e. The monoisotopic (exact) mass is 359 g/mol. The fourth-order valence-electron chi connectivity index (χ4n) is 3.32. The summed E-state index contributed by atoms with van der Waals surface area (Å²) in [6.45, 7) is 5.65. The molecule has 0 bridgehead atoms. The van der Waals surface area contributed by atoms with Crippen molar-refractivity contribution in [2.45, 2.75) is 65.3 Å². The van der Waals surface area contributed by atoms with Crippen molar-refractivity contribution in [3.63, 3.8) is 0 Å². The summed E-state index contributed by atoms with van der Waals surface area (Å²) in [4.78, 5) is 38.1. The van der Waals surface area contributed by atoms with E-state index in [1.165, 1.54) is 28.9 Å². The molecule has 0 atom stereocenters. The fraction of sp³-hybridized carbons (Fsp3) is 0.571. The lowest BCUT2D eigenvalue weighted by molar-refractivity contribution is -0.150. The van der Waals surface area contributed by atoms with Gasteiger partial charge in [-0.2, -0.15) is 0 Å². The number of fused-ring (bicyclic) bond motifs is 1. The van der Waals surface area contributed by atoms with Gasteiger partial charge in [-0.3, -0.25) is 14.4 Å². The summed E-state index contributed by atoms with van der Waals surface area (Å²) >= 11 is 0. The number of aryl methyl sites for hydroxylation is 2. The van der Waals surface area contributed by atoms with Gasteiger partial charge in [0.2, 0.25) is 5.91 Å². The first-order valence-electron chi connectivity index (χ1n) is 9.52. The van der Waals surface area contributed by atoms with E-state index < -0.39 is 5.97 Å². The number of ether oxygens (including phenoxy) is 1. The molecular weight excluding hydrogens is 330 g/mol. The van der Waals surface area contributed by atoms with Crippen LogP contribution in [0.5, 0.6) is 0 Å². The molecule has 1 aromatic carbocycles. The number of nitrogens with zero attached hydrogens (tertiary/aromatic N) is 1. The number of amides is 1. The Morgan fingerprint density at radius 3 is 2.42 bits per heavy atom. The Hall–Kier alpha value is -2.17. The predicted octanol–water partition coefficient (Wildman–Crippen LogP) is 3.33. The maximum absolute atomic E-state index is 12.5. The lowest BCUT2D eigenvalue weighted by Gasteiger charge is -2.25. The lowest BCUT2D eigenvalue weighted by atomic mass is 9.89. The molecule has 26 heavy (non-hydrogen) atoms. The molecule has 0 radical (unpaired) electrons.